The molecule has 1 aliphatic heterocycles. The number of carbonyl (C=O) groups is 1. The van der Waals surface area contributed by atoms with E-state index in [2.05, 4.69) is 6.92 Å². The number of fused-ring (bicyclic) bond motifs is 2. The maximum atomic E-state index is 11.5. The summed E-state index contributed by atoms with van der Waals surface area (Å²) < 4.78 is 5.19. The van der Waals surface area contributed by atoms with Gasteiger partial charge in [0.15, 0.2) is 0 Å². The molecule has 4 aliphatic rings. The van der Waals surface area contributed by atoms with Crippen LogP contribution >= 0.6 is 0 Å². The predicted octanol–water partition coefficient (Wildman–Crippen LogP) is 1.84. The fourth-order valence-electron chi connectivity index (χ4n) is 3.91. The van der Waals surface area contributed by atoms with Crippen molar-refractivity contribution in [3.63, 3.8) is 0 Å². The van der Waals surface area contributed by atoms with Crippen molar-refractivity contribution in [3.8, 4) is 0 Å². The lowest BCUT2D eigenvalue weighted by Gasteiger charge is -2.47. The predicted molar refractivity (Wildman–Crippen MR) is 47.9 cm³/mol. The molecule has 5 atom stereocenters. The van der Waals surface area contributed by atoms with Gasteiger partial charge in [-0.25, -0.2) is 0 Å². The van der Waals surface area contributed by atoms with Crippen molar-refractivity contribution in [2.24, 2.45) is 29.6 Å². The highest BCUT2D eigenvalue weighted by atomic mass is 16.5. The molecule has 2 nitrogen and oxygen atoms in total. The zero-order chi connectivity index (χ0) is 9.00. The molecule has 0 aromatic carbocycles. The number of carbonyl (C=O) groups excluding carboxylic acids is 1. The molecule has 1 heterocycles. The van der Waals surface area contributed by atoms with Crippen LogP contribution in [0.4, 0.5) is 0 Å². The molecule has 1 saturated heterocycles. The summed E-state index contributed by atoms with van der Waals surface area (Å²) in [7, 11) is 0. The fourth-order valence-corrected chi connectivity index (χ4v) is 3.91. The number of hydrogen-bond acceptors (Lipinski definition) is 2. The molecule has 2 heteroatoms. The van der Waals surface area contributed by atoms with Crippen LogP contribution in [0.2, 0.25) is 0 Å². The van der Waals surface area contributed by atoms with Crippen molar-refractivity contribution in [3.05, 3.63) is 0 Å². The third-order valence-corrected chi connectivity index (χ3v) is 4.49. The first-order chi connectivity index (χ1) is 6.27. The standard InChI is InChI=1S/C11H16O2/c1-6-4-7-2-3-8(6)9-5-13-11(12)10(7)9/h6-10H,2-5H2,1H3/t6-,7?,8-,9?,10?/m1/s1. The molecule has 2 bridgehead atoms. The second-order valence-corrected chi connectivity index (χ2v) is 5.03. The van der Waals surface area contributed by atoms with Gasteiger partial charge in [-0.05, 0) is 37.0 Å². The summed E-state index contributed by atoms with van der Waals surface area (Å²) in [6.07, 6.45) is 3.87. The van der Waals surface area contributed by atoms with E-state index in [1.54, 1.807) is 0 Å². The smallest absolute Gasteiger partial charge is 0.309 e. The Bertz CT molecular complexity index is 248. The van der Waals surface area contributed by atoms with Crippen molar-refractivity contribution < 1.29 is 9.53 Å². The Morgan fingerprint density at radius 3 is 2.92 bits per heavy atom. The summed E-state index contributed by atoms with van der Waals surface area (Å²) in [5, 5.41) is 0. The van der Waals surface area contributed by atoms with E-state index in [9.17, 15) is 4.79 Å². The highest BCUT2D eigenvalue weighted by Gasteiger charge is 2.53. The third-order valence-electron chi connectivity index (χ3n) is 4.49. The van der Waals surface area contributed by atoms with E-state index >= 15 is 0 Å². The van der Waals surface area contributed by atoms with Crippen molar-refractivity contribution in [1.29, 1.82) is 0 Å². The number of cyclic esters (lactones) is 1. The summed E-state index contributed by atoms with van der Waals surface area (Å²) in [5.41, 5.74) is 0. The van der Waals surface area contributed by atoms with E-state index in [-0.39, 0.29) is 11.9 Å². The number of rotatable bonds is 0. The van der Waals surface area contributed by atoms with Crippen LogP contribution in [0.15, 0.2) is 0 Å². The second kappa shape index (κ2) is 2.49. The minimum Gasteiger partial charge on any atom is -0.465 e. The zero-order valence-electron chi connectivity index (χ0n) is 8.03. The number of esters is 1. The van der Waals surface area contributed by atoms with Crippen LogP contribution in [0.25, 0.3) is 0 Å². The highest BCUT2D eigenvalue weighted by molar-refractivity contribution is 5.75. The Hall–Kier alpha value is -0.530. The summed E-state index contributed by atoms with van der Waals surface area (Å²) in [6.45, 7) is 3.06. The molecule has 4 fully saturated rings. The number of hydrogen-bond donors (Lipinski definition) is 0. The minimum absolute atomic E-state index is 0.103. The van der Waals surface area contributed by atoms with Crippen molar-refractivity contribution >= 4 is 5.97 Å². The van der Waals surface area contributed by atoms with Crippen LogP contribution in [0.1, 0.15) is 26.2 Å². The largest absolute Gasteiger partial charge is 0.465 e. The van der Waals surface area contributed by atoms with Gasteiger partial charge in [-0.15, -0.1) is 0 Å². The first-order valence-electron chi connectivity index (χ1n) is 5.44. The van der Waals surface area contributed by atoms with E-state index < -0.39 is 0 Å². The molecule has 0 aromatic rings. The van der Waals surface area contributed by atoms with Gasteiger partial charge in [-0.3, -0.25) is 4.79 Å². The quantitative estimate of drug-likeness (QED) is 0.532. The summed E-state index contributed by atoms with van der Waals surface area (Å²) in [4.78, 5) is 11.5. The molecule has 3 unspecified atom stereocenters. The molecule has 0 aromatic heterocycles. The molecule has 3 aliphatic carbocycles. The van der Waals surface area contributed by atoms with E-state index in [4.69, 9.17) is 4.74 Å². The Morgan fingerprint density at radius 2 is 2.15 bits per heavy atom. The Morgan fingerprint density at radius 1 is 1.31 bits per heavy atom. The molecule has 0 spiro atoms. The van der Waals surface area contributed by atoms with E-state index in [0.717, 1.165) is 18.4 Å². The molecule has 0 amide bonds. The molecule has 0 radical (unpaired) electrons. The Labute approximate surface area is 78.6 Å². The molecule has 4 rings (SSSR count). The average molecular weight is 180 g/mol. The lowest BCUT2D eigenvalue weighted by atomic mass is 9.56. The lowest BCUT2D eigenvalue weighted by molar-refractivity contribution is -0.144. The van der Waals surface area contributed by atoms with E-state index in [1.807, 2.05) is 0 Å². The summed E-state index contributed by atoms with van der Waals surface area (Å²) >= 11 is 0. The van der Waals surface area contributed by atoms with Crippen LogP contribution in [0.3, 0.4) is 0 Å². The SMILES string of the molecule is C[C@@H]1CC2CC[C@H]1C1COC(=O)C21. The van der Waals surface area contributed by atoms with Gasteiger partial charge in [0.2, 0.25) is 0 Å². The van der Waals surface area contributed by atoms with Crippen molar-refractivity contribution in [2.75, 3.05) is 6.61 Å². The van der Waals surface area contributed by atoms with Gasteiger partial charge >= 0.3 is 5.97 Å². The van der Waals surface area contributed by atoms with Crippen molar-refractivity contribution in [2.45, 2.75) is 26.2 Å². The Balaban J connectivity index is 1.94. The van der Waals surface area contributed by atoms with Gasteiger partial charge in [0.25, 0.3) is 0 Å². The first-order valence-corrected chi connectivity index (χ1v) is 5.44. The van der Waals surface area contributed by atoms with E-state index in [0.29, 0.717) is 11.8 Å². The van der Waals surface area contributed by atoms with E-state index in [1.165, 1.54) is 19.3 Å². The summed E-state index contributed by atoms with van der Waals surface area (Å²) in [5.74, 6) is 3.23. The van der Waals surface area contributed by atoms with Gasteiger partial charge in [-0.2, -0.15) is 0 Å². The maximum absolute atomic E-state index is 11.5. The third kappa shape index (κ3) is 0.918. The molecule has 3 saturated carbocycles. The van der Waals surface area contributed by atoms with Crippen LogP contribution in [-0.4, -0.2) is 12.6 Å². The minimum atomic E-state index is 0.103. The lowest BCUT2D eigenvalue weighted by Crippen LogP contribution is -2.44. The molecule has 0 N–H and O–H groups in total. The summed E-state index contributed by atoms with van der Waals surface area (Å²) in [6, 6.07) is 0. The molecular weight excluding hydrogens is 164 g/mol. The second-order valence-electron chi connectivity index (χ2n) is 5.03. The van der Waals surface area contributed by atoms with Crippen LogP contribution in [-0.2, 0) is 9.53 Å². The monoisotopic (exact) mass is 180 g/mol. The highest BCUT2D eigenvalue weighted by Crippen LogP contribution is 2.54. The van der Waals surface area contributed by atoms with Gasteiger partial charge in [0.05, 0.1) is 12.5 Å². The fraction of sp³-hybridized carbons (Fsp3) is 0.909. The van der Waals surface area contributed by atoms with Crippen molar-refractivity contribution in [1.82, 2.24) is 0 Å². The van der Waals surface area contributed by atoms with Crippen LogP contribution < -0.4 is 0 Å². The first kappa shape index (κ1) is 7.84. The topological polar surface area (TPSA) is 26.3 Å². The van der Waals surface area contributed by atoms with Gasteiger partial charge in [0, 0.05) is 5.92 Å². The maximum Gasteiger partial charge on any atom is 0.309 e. The normalized spacial score (nSPS) is 53.3. The zero-order valence-corrected chi connectivity index (χ0v) is 8.03. The van der Waals surface area contributed by atoms with Gasteiger partial charge in [0.1, 0.15) is 0 Å². The number of ether oxygens (including phenoxy) is 1. The molecular formula is C11H16O2. The average Bonchev–Trinajstić information content (AvgIpc) is 2.50. The van der Waals surface area contributed by atoms with Crippen LogP contribution in [0.5, 0.6) is 0 Å². The molecule has 72 valence electrons. The molecule has 13 heavy (non-hydrogen) atoms. The Kier molecular flexibility index (Phi) is 1.50. The van der Waals surface area contributed by atoms with Gasteiger partial charge in [-0.1, -0.05) is 6.92 Å². The van der Waals surface area contributed by atoms with Crippen LogP contribution in [0, 0.1) is 29.6 Å². The van der Waals surface area contributed by atoms with Gasteiger partial charge < -0.3 is 4.74 Å².